The second-order valence-electron chi connectivity index (χ2n) is 3.84. The number of hydrogen-bond acceptors (Lipinski definition) is 1. The molecule has 0 aromatic heterocycles. The van der Waals surface area contributed by atoms with Gasteiger partial charge in [0.15, 0.2) is 0 Å². The maximum absolute atomic E-state index is 3.15. The number of nitrogens with zero attached hydrogens (tertiary/aromatic N) is 1. The van der Waals surface area contributed by atoms with E-state index >= 15 is 0 Å². The largest absolute Gasteiger partial charge is 0.299 e. The van der Waals surface area contributed by atoms with Crippen molar-refractivity contribution in [2.24, 2.45) is 0 Å². The summed E-state index contributed by atoms with van der Waals surface area (Å²) in [6.07, 6.45) is 0. The van der Waals surface area contributed by atoms with E-state index < -0.39 is 0 Å². The van der Waals surface area contributed by atoms with Crippen LogP contribution in [0.1, 0.15) is 16.7 Å². The molecule has 0 N–H and O–H groups in total. The third kappa shape index (κ3) is 3.24. The van der Waals surface area contributed by atoms with Gasteiger partial charge >= 0.3 is 0 Å². The van der Waals surface area contributed by atoms with E-state index in [1.54, 1.807) is 0 Å². The van der Waals surface area contributed by atoms with Crippen molar-refractivity contribution in [3.8, 4) is 11.8 Å². The number of hydrogen-bond donors (Lipinski definition) is 0. The highest BCUT2D eigenvalue weighted by Gasteiger charge is 1.92. The Morgan fingerprint density at radius 1 is 1.14 bits per heavy atom. The average molecular weight is 187 g/mol. The van der Waals surface area contributed by atoms with E-state index in [-0.39, 0.29) is 0 Å². The average Bonchev–Trinajstić information content (AvgIpc) is 2.10. The summed E-state index contributed by atoms with van der Waals surface area (Å²) in [6, 6.07) is 6.33. The van der Waals surface area contributed by atoms with Crippen LogP contribution in [0.15, 0.2) is 18.2 Å². The van der Waals surface area contributed by atoms with Crippen molar-refractivity contribution in [2.75, 3.05) is 20.6 Å². The lowest BCUT2D eigenvalue weighted by Crippen LogP contribution is -2.10. The van der Waals surface area contributed by atoms with E-state index in [2.05, 4.69) is 48.8 Å². The fraction of sp³-hybridized carbons (Fsp3) is 0.385. The van der Waals surface area contributed by atoms with Gasteiger partial charge < -0.3 is 0 Å². The van der Waals surface area contributed by atoms with Crippen molar-refractivity contribution in [3.05, 3.63) is 34.9 Å². The van der Waals surface area contributed by atoms with Gasteiger partial charge in [0, 0.05) is 5.56 Å². The monoisotopic (exact) mass is 187 g/mol. The third-order valence-electron chi connectivity index (χ3n) is 2.13. The molecule has 1 nitrogen and oxygen atoms in total. The lowest BCUT2D eigenvalue weighted by Gasteiger charge is -2.01. The fourth-order valence-corrected chi connectivity index (χ4v) is 1.12. The summed E-state index contributed by atoms with van der Waals surface area (Å²) < 4.78 is 0. The van der Waals surface area contributed by atoms with Crippen LogP contribution in [0.2, 0.25) is 0 Å². The van der Waals surface area contributed by atoms with Gasteiger partial charge in [-0.2, -0.15) is 0 Å². The zero-order valence-electron chi connectivity index (χ0n) is 9.39. The Hall–Kier alpha value is -1.26. The van der Waals surface area contributed by atoms with Crippen LogP contribution < -0.4 is 0 Å². The summed E-state index contributed by atoms with van der Waals surface area (Å²) in [5.41, 5.74) is 3.74. The third-order valence-corrected chi connectivity index (χ3v) is 2.13. The molecule has 0 radical (unpaired) electrons. The maximum Gasteiger partial charge on any atom is 0.0600 e. The molecule has 0 unspecified atom stereocenters. The number of rotatable bonds is 1. The van der Waals surface area contributed by atoms with E-state index in [0.29, 0.717) is 0 Å². The van der Waals surface area contributed by atoms with Gasteiger partial charge in [-0.05, 0) is 51.2 Å². The highest BCUT2D eigenvalue weighted by atomic mass is 15.0. The number of aryl methyl sites for hydroxylation is 2. The van der Waals surface area contributed by atoms with Gasteiger partial charge in [-0.1, -0.05) is 17.9 Å². The van der Waals surface area contributed by atoms with E-state index in [4.69, 9.17) is 0 Å². The molecule has 14 heavy (non-hydrogen) atoms. The zero-order valence-corrected chi connectivity index (χ0v) is 9.39. The highest BCUT2D eigenvalue weighted by molar-refractivity contribution is 5.40. The second kappa shape index (κ2) is 4.83. The first kappa shape index (κ1) is 10.8. The molecule has 0 heterocycles. The molecule has 74 valence electrons. The van der Waals surface area contributed by atoms with Crippen molar-refractivity contribution in [3.63, 3.8) is 0 Å². The van der Waals surface area contributed by atoms with Crippen molar-refractivity contribution in [2.45, 2.75) is 13.8 Å². The van der Waals surface area contributed by atoms with Crippen molar-refractivity contribution < 1.29 is 0 Å². The van der Waals surface area contributed by atoms with E-state index in [0.717, 1.165) is 12.1 Å². The van der Waals surface area contributed by atoms with Gasteiger partial charge in [-0.15, -0.1) is 0 Å². The van der Waals surface area contributed by atoms with Gasteiger partial charge in [0.25, 0.3) is 0 Å². The van der Waals surface area contributed by atoms with Crippen LogP contribution in [-0.4, -0.2) is 25.5 Å². The molecule has 1 rings (SSSR count). The van der Waals surface area contributed by atoms with Crippen molar-refractivity contribution >= 4 is 0 Å². The minimum atomic E-state index is 0.812. The molecule has 0 saturated carbocycles. The molecular weight excluding hydrogens is 170 g/mol. The van der Waals surface area contributed by atoms with Gasteiger partial charge in [-0.3, -0.25) is 4.90 Å². The van der Waals surface area contributed by atoms with Crippen molar-refractivity contribution in [1.82, 2.24) is 4.90 Å². The van der Waals surface area contributed by atoms with Crippen LogP contribution in [0.4, 0.5) is 0 Å². The summed E-state index contributed by atoms with van der Waals surface area (Å²) in [5, 5.41) is 0. The first-order valence-electron chi connectivity index (χ1n) is 4.80. The molecule has 0 aliphatic rings. The molecule has 0 fully saturated rings. The summed E-state index contributed by atoms with van der Waals surface area (Å²) in [7, 11) is 4.05. The lowest BCUT2D eigenvalue weighted by atomic mass is 10.1. The Kier molecular flexibility index (Phi) is 3.73. The standard InChI is InChI=1S/C13H17N/c1-11-7-8-13(10-12(11)2)6-5-9-14(3)4/h7-8,10H,9H2,1-4H3. The Morgan fingerprint density at radius 3 is 2.43 bits per heavy atom. The van der Waals surface area contributed by atoms with Crippen LogP contribution in [0, 0.1) is 25.7 Å². The topological polar surface area (TPSA) is 3.24 Å². The van der Waals surface area contributed by atoms with Gasteiger partial charge in [-0.25, -0.2) is 0 Å². The van der Waals surface area contributed by atoms with E-state index in [1.165, 1.54) is 11.1 Å². The Labute approximate surface area is 86.7 Å². The molecule has 0 saturated heterocycles. The van der Waals surface area contributed by atoms with E-state index in [1.807, 2.05) is 14.1 Å². The van der Waals surface area contributed by atoms with Gasteiger partial charge in [0.2, 0.25) is 0 Å². The molecule has 0 aliphatic carbocycles. The first-order chi connectivity index (χ1) is 6.59. The molecule has 0 atom stereocenters. The minimum Gasteiger partial charge on any atom is -0.299 e. The predicted molar refractivity (Wildman–Crippen MR) is 61.3 cm³/mol. The molecule has 1 aromatic carbocycles. The quantitative estimate of drug-likeness (QED) is 0.609. The zero-order chi connectivity index (χ0) is 10.6. The summed E-state index contributed by atoms with van der Waals surface area (Å²) in [4.78, 5) is 2.06. The molecule has 0 amide bonds. The summed E-state index contributed by atoms with van der Waals surface area (Å²) >= 11 is 0. The molecule has 0 spiro atoms. The normalized spacial score (nSPS) is 9.79. The Bertz CT molecular complexity index is 367. The van der Waals surface area contributed by atoms with Crippen LogP contribution in [0.3, 0.4) is 0 Å². The van der Waals surface area contributed by atoms with Crippen LogP contribution >= 0.6 is 0 Å². The predicted octanol–water partition coefficient (Wildman–Crippen LogP) is 2.22. The maximum atomic E-state index is 3.15. The van der Waals surface area contributed by atoms with Crippen molar-refractivity contribution in [1.29, 1.82) is 0 Å². The SMILES string of the molecule is Cc1ccc(C#CCN(C)C)cc1C. The Morgan fingerprint density at radius 2 is 1.86 bits per heavy atom. The summed E-state index contributed by atoms with van der Waals surface area (Å²) in [5.74, 6) is 6.28. The van der Waals surface area contributed by atoms with Gasteiger partial charge in [0.1, 0.15) is 0 Å². The van der Waals surface area contributed by atoms with Crippen LogP contribution in [-0.2, 0) is 0 Å². The Balaban J connectivity index is 2.76. The second-order valence-corrected chi connectivity index (χ2v) is 3.84. The first-order valence-corrected chi connectivity index (χ1v) is 4.80. The van der Waals surface area contributed by atoms with Crippen LogP contribution in [0.5, 0.6) is 0 Å². The molecule has 0 aliphatic heterocycles. The highest BCUT2D eigenvalue weighted by Crippen LogP contribution is 2.08. The fourth-order valence-electron chi connectivity index (χ4n) is 1.12. The molecule has 0 bridgehead atoms. The lowest BCUT2D eigenvalue weighted by molar-refractivity contribution is 0.464. The number of benzene rings is 1. The molecule has 1 heteroatoms. The minimum absolute atomic E-state index is 0.812. The van der Waals surface area contributed by atoms with Crippen LogP contribution in [0.25, 0.3) is 0 Å². The molecular formula is C13H17N. The van der Waals surface area contributed by atoms with E-state index in [9.17, 15) is 0 Å². The van der Waals surface area contributed by atoms with Gasteiger partial charge in [0.05, 0.1) is 6.54 Å². The summed E-state index contributed by atoms with van der Waals surface area (Å²) in [6.45, 7) is 5.05. The smallest absolute Gasteiger partial charge is 0.0600 e. The molecule has 1 aromatic rings.